The van der Waals surface area contributed by atoms with E-state index >= 15 is 0 Å². The number of aromatic nitrogens is 2. The van der Waals surface area contributed by atoms with Crippen LogP contribution in [0.25, 0.3) is 10.9 Å². The van der Waals surface area contributed by atoms with E-state index in [1.807, 2.05) is 30.3 Å². The van der Waals surface area contributed by atoms with Gasteiger partial charge in [0, 0.05) is 42.3 Å². The summed E-state index contributed by atoms with van der Waals surface area (Å²) in [6, 6.07) is 9.79. The fourth-order valence-electron chi connectivity index (χ4n) is 3.06. The lowest BCUT2D eigenvalue weighted by molar-refractivity contribution is 0.0950. The smallest absolute Gasteiger partial charge is 0.267 e. The van der Waals surface area contributed by atoms with Gasteiger partial charge in [-0.3, -0.25) is 4.79 Å². The average molecular weight is 340 g/mol. The minimum Gasteiger partial charge on any atom is -0.351 e. The first-order chi connectivity index (χ1) is 11.8. The fourth-order valence-corrected chi connectivity index (χ4v) is 3.97. The number of carbonyl (C=O) groups excluding carboxylic acids is 1. The van der Waals surface area contributed by atoms with Crippen LogP contribution in [-0.2, 0) is 6.42 Å². The standard InChI is InChI=1S/C18H20N4OS/c23-17(16-11-13-5-1-2-6-15(13)21-16)19-8-7-14-12-24-18(20-14)22-9-3-4-10-22/h1-2,5-6,11-12,21H,3-4,7-10H2,(H,19,23). The number of nitrogens with one attached hydrogen (secondary N) is 2. The summed E-state index contributed by atoms with van der Waals surface area (Å²) in [5.74, 6) is -0.0683. The first-order valence-electron chi connectivity index (χ1n) is 8.35. The number of amides is 1. The number of nitrogens with zero attached hydrogens (tertiary/aromatic N) is 2. The van der Waals surface area contributed by atoms with Crippen molar-refractivity contribution >= 4 is 33.3 Å². The molecule has 124 valence electrons. The quantitative estimate of drug-likeness (QED) is 0.750. The predicted molar refractivity (Wildman–Crippen MR) is 97.9 cm³/mol. The number of hydrogen-bond acceptors (Lipinski definition) is 4. The van der Waals surface area contributed by atoms with Gasteiger partial charge in [-0.05, 0) is 25.0 Å². The van der Waals surface area contributed by atoms with Crippen LogP contribution in [0, 0.1) is 0 Å². The normalized spacial score (nSPS) is 14.4. The minimum atomic E-state index is -0.0683. The molecule has 4 rings (SSSR count). The molecule has 0 atom stereocenters. The van der Waals surface area contributed by atoms with Crippen LogP contribution in [0.4, 0.5) is 5.13 Å². The Labute approximate surface area is 144 Å². The van der Waals surface area contributed by atoms with Gasteiger partial charge in [0.25, 0.3) is 5.91 Å². The number of fused-ring (bicyclic) bond motifs is 1. The lowest BCUT2D eigenvalue weighted by Gasteiger charge is -2.12. The number of para-hydroxylation sites is 1. The highest BCUT2D eigenvalue weighted by atomic mass is 32.1. The summed E-state index contributed by atoms with van der Waals surface area (Å²) in [6.45, 7) is 2.82. The topological polar surface area (TPSA) is 61.0 Å². The Morgan fingerprint density at radius 1 is 1.29 bits per heavy atom. The Balaban J connectivity index is 1.32. The van der Waals surface area contributed by atoms with Crippen molar-refractivity contribution in [2.45, 2.75) is 19.3 Å². The molecule has 1 saturated heterocycles. The minimum absolute atomic E-state index is 0.0683. The van der Waals surface area contributed by atoms with E-state index in [1.54, 1.807) is 11.3 Å². The van der Waals surface area contributed by atoms with Crippen molar-refractivity contribution in [1.29, 1.82) is 0 Å². The van der Waals surface area contributed by atoms with Gasteiger partial charge in [-0.15, -0.1) is 11.3 Å². The number of carbonyl (C=O) groups is 1. The SMILES string of the molecule is O=C(NCCc1csc(N2CCCC2)n1)c1cc2ccccc2[nH]1. The zero-order chi connectivity index (χ0) is 16.4. The summed E-state index contributed by atoms with van der Waals surface area (Å²) >= 11 is 1.70. The van der Waals surface area contributed by atoms with E-state index in [0.717, 1.165) is 41.2 Å². The summed E-state index contributed by atoms with van der Waals surface area (Å²) in [6.07, 6.45) is 3.28. The van der Waals surface area contributed by atoms with Crippen LogP contribution >= 0.6 is 11.3 Å². The lowest BCUT2D eigenvalue weighted by Crippen LogP contribution is -2.26. The van der Waals surface area contributed by atoms with E-state index in [2.05, 4.69) is 25.6 Å². The van der Waals surface area contributed by atoms with Crippen LogP contribution in [0.5, 0.6) is 0 Å². The molecule has 0 unspecified atom stereocenters. The second-order valence-corrected chi connectivity index (χ2v) is 6.93. The van der Waals surface area contributed by atoms with Gasteiger partial charge in [-0.1, -0.05) is 18.2 Å². The Morgan fingerprint density at radius 2 is 2.12 bits per heavy atom. The molecule has 1 aliphatic heterocycles. The molecule has 2 aromatic heterocycles. The zero-order valence-corrected chi connectivity index (χ0v) is 14.2. The van der Waals surface area contributed by atoms with E-state index in [1.165, 1.54) is 12.8 Å². The molecule has 6 heteroatoms. The number of thiazole rings is 1. The fraction of sp³-hybridized carbons (Fsp3) is 0.333. The third kappa shape index (κ3) is 3.14. The molecular formula is C18H20N4OS. The monoisotopic (exact) mass is 340 g/mol. The summed E-state index contributed by atoms with van der Waals surface area (Å²) in [7, 11) is 0. The summed E-state index contributed by atoms with van der Waals surface area (Å²) in [5, 5.41) is 7.24. The molecule has 1 fully saturated rings. The number of rotatable bonds is 5. The lowest BCUT2D eigenvalue weighted by atomic mass is 10.2. The third-order valence-electron chi connectivity index (χ3n) is 4.36. The highest BCUT2D eigenvalue weighted by Crippen LogP contribution is 2.24. The largest absolute Gasteiger partial charge is 0.351 e. The summed E-state index contributed by atoms with van der Waals surface area (Å²) < 4.78 is 0. The van der Waals surface area contributed by atoms with Crippen molar-refractivity contribution in [2.75, 3.05) is 24.5 Å². The first kappa shape index (κ1) is 15.2. The predicted octanol–water partition coefficient (Wildman–Crippen LogP) is 3.20. The van der Waals surface area contributed by atoms with Crippen molar-refractivity contribution in [3.8, 4) is 0 Å². The van der Waals surface area contributed by atoms with Gasteiger partial charge in [-0.2, -0.15) is 0 Å². The summed E-state index contributed by atoms with van der Waals surface area (Å²) in [5.41, 5.74) is 2.64. The molecule has 0 aliphatic carbocycles. The van der Waals surface area contributed by atoms with Crippen molar-refractivity contribution in [3.05, 3.63) is 47.1 Å². The van der Waals surface area contributed by atoms with Crippen LogP contribution in [0.15, 0.2) is 35.7 Å². The molecule has 2 N–H and O–H groups in total. The number of aromatic amines is 1. The summed E-state index contributed by atoms with van der Waals surface area (Å²) in [4.78, 5) is 22.4. The molecule has 1 aliphatic rings. The van der Waals surface area contributed by atoms with Gasteiger partial charge in [0.1, 0.15) is 5.69 Å². The van der Waals surface area contributed by atoms with Crippen LogP contribution in [-0.4, -0.2) is 35.5 Å². The molecule has 0 radical (unpaired) electrons. The van der Waals surface area contributed by atoms with Gasteiger partial charge in [0.05, 0.1) is 5.69 Å². The Morgan fingerprint density at radius 3 is 2.96 bits per heavy atom. The molecule has 1 aromatic carbocycles. The molecule has 0 saturated carbocycles. The number of hydrogen-bond donors (Lipinski definition) is 2. The number of anilines is 1. The van der Waals surface area contributed by atoms with Gasteiger partial charge < -0.3 is 15.2 Å². The second-order valence-electron chi connectivity index (χ2n) is 6.09. The van der Waals surface area contributed by atoms with Crippen LogP contribution < -0.4 is 10.2 Å². The maximum absolute atomic E-state index is 12.3. The van der Waals surface area contributed by atoms with Crippen molar-refractivity contribution in [2.24, 2.45) is 0 Å². The van der Waals surface area contributed by atoms with Crippen LogP contribution in [0.1, 0.15) is 29.0 Å². The van der Waals surface area contributed by atoms with E-state index in [-0.39, 0.29) is 5.91 Å². The molecule has 5 nitrogen and oxygen atoms in total. The van der Waals surface area contributed by atoms with Gasteiger partial charge in [-0.25, -0.2) is 4.98 Å². The Kier molecular flexibility index (Phi) is 4.21. The third-order valence-corrected chi connectivity index (χ3v) is 5.31. The van der Waals surface area contributed by atoms with E-state index in [4.69, 9.17) is 0 Å². The van der Waals surface area contributed by atoms with Gasteiger partial charge >= 0.3 is 0 Å². The maximum atomic E-state index is 12.3. The maximum Gasteiger partial charge on any atom is 0.267 e. The number of benzene rings is 1. The molecule has 3 aromatic rings. The van der Waals surface area contributed by atoms with E-state index < -0.39 is 0 Å². The van der Waals surface area contributed by atoms with Gasteiger partial charge in [0.2, 0.25) is 0 Å². The van der Waals surface area contributed by atoms with Crippen molar-refractivity contribution in [1.82, 2.24) is 15.3 Å². The van der Waals surface area contributed by atoms with Crippen LogP contribution in [0.2, 0.25) is 0 Å². The van der Waals surface area contributed by atoms with Crippen LogP contribution in [0.3, 0.4) is 0 Å². The molecule has 0 bridgehead atoms. The first-order valence-corrected chi connectivity index (χ1v) is 9.23. The molecule has 0 spiro atoms. The van der Waals surface area contributed by atoms with E-state index in [0.29, 0.717) is 12.2 Å². The molecular weight excluding hydrogens is 320 g/mol. The van der Waals surface area contributed by atoms with E-state index in [9.17, 15) is 4.79 Å². The van der Waals surface area contributed by atoms with Crippen molar-refractivity contribution < 1.29 is 4.79 Å². The zero-order valence-electron chi connectivity index (χ0n) is 13.4. The molecule has 1 amide bonds. The number of H-pyrrole nitrogens is 1. The highest BCUT2D eigenvalue weighted by molar-refractivity contribution is 7.13. The molecule has 24 heavy (non-hydrogen) atoms. The molecule has 3 heterocycles. The van der Waals surface area contributed by atoms with Crippen molar-refractivity contribution in [3.63, 3.8) is 0 Å². The Bertz CT molecular complexity index is 814. The average Bonchev–Trinajstić information content (AvgIpc) is 3.33. The van der Waals surface area contributed by atoms with Gasteiger partial charge in [0.15, 0.2) is 5.13 Å². The highest BCUT2D eigenvalue weighted by Gasteiger charge is 2.15. The Hall–Kier alpha value is -2.34. The second kappa shape index (κ2) is 6.65.